The Morgan fingerprint density at radius 3 is 2.38 bits per heavy atom. The minimum Gasteiger partial charge on any atom is -0.445 e. The predicted octanol–water partition coefficient (Wildman–Crippen LogP) is 3.58. The molecule has 0 amide bonds. The molecule has 1 unspecified atom stereocenters. The third-order valence-electron chi connectivity index (χ3n) is 7.99. The van der Waals surface area contributed by atoms with Gasteiger partial charge in [0, 0.05) is 56.7 Å². The highest BCUT2D eigenvalue weighted by molar-refractivity contribution is 7.89. The molecule has 0 radical (unpaired) electrons. The van der Waals surface area contributed by atoms with Gasteiger partial charge in [-0.3, -0.25) is 9.88 Å². The van der Waals surface area contributed by atoms with Gasteiger partial charge in [-0.25, -0.2) is 13.4 Å². The Kier molecular flexibility index (Phi) is 6.08. The van der Waals surface area contributed by atoms with Gasteiger partial charge in [0.2, 0.25) is 15.9 Å². The molecule has 3 aliphatic heterocycles. The maximum atomic E-state index is 13.4. The third kappa shape index (κ3) is 4.43. The van der Waals surface area contributed by atoms with E-state index in [0.29, 0.717) is 17.1 Å². The van der Waals surface area contributed by atoms with Crippen LogP contribution in [0.5, 0.6) is 0 Å². The van der Waals surface area contributed by atoms with Gasteiger partial charge in [0.1, 0.15) is 12.4 Å². The van der Waals surface area contributed by atoms with Crippen molar-refractivity contribution in [2.75, 3.05) is 38.1 Å². The molecule has 1 N–H and O–H groups in total. The van der Waals surface area contributed by atoms with Crippen LogP contribution < -0.4 is 4.90 Å². The van der Waals surface area contributed by atoms with Gasteiger partial charge in [-0.2, -0.15) is 4.31 Å². The largest absolute Gasteiger partial charge is 0.445 e. The fourth-order valence-corrected chi connectivity index (χ4v) is 7.29. The van der Waals surface area contributed by atoms with E-state index in [9.17, 15) is 13.5 Å². The highest BCUT2D eigenvalue weighted by Crippen LogP contribution is 2.34. The van der Waals surface area contributed by atoms with Crippen LogP contribution in [-0.4, -0.2) is 65.9 Å². The highest BCUT2D eigenvalue weighted by Gasteiger charge is 2.32. The van der Waals surface area contributed by atoms with E-state index in [0.717, 1.165) is 48.6 Å². The van der Waals surface area contributed by atoms with Gasteiger partial charge in [-0.05, 0) is 77.3 Å². The number of benzene rings is 2. The van der Waals surface area contributed by atoms with Crippen molar-refractivity contribution in [3.63, 3.8) is 0 Å². The monoisotopic (exact) mass is 555 g/mol. The van der Waals surface area contributed by atoms with Crippen LogP contribution in [-0.2, 0) is 23.1 Å². The van der Waals surface area contributed by atoms with Crippen LogP contribution in [0.3, 0.4) is 0 Å². The Morgan fingerprint density at radius 1 is 0.900 bits per heavy atom. The van der Waals surface area contributed by atoms with Crippen molar-refractivity contribution in [2.45, 2.75) is 24.1 Å². The number of pyridine rings is 1. The summed E-state index contributed by atoms with van der Waals surface area (Å²) >= 11 is 0. The fraction of sp³-hybridized carbons (Fsp3) is 0.267. The summed E-state index contributed by atoms with van der Waals surface area (Å²) in [5.41, 5.74) is 7.75. The van der Waals surface area contributed by atoms with E-state index in [1.807, 2.05) is 24.3 Å². The zero-order valence-electron chi connectivity index (χ0n) is 22.1. The Bertz CT molecular complexity index is 1700. The smallest absolute Gasteiger partial charge is 0.243 e. The molecule has 4 aromatic rings. The molecule has 0 saturated heterocycles. The summed E-state index contributed by atoms with van der Waals surface area (Å²) in [5.74, 6) is 0.439. The van der Waals surface area contributed by atoms with E-state index >= 15 is 0 Å². The minimum atomic E-state index is -3.72. The van der Waals surface area contributed by atoms with Crippen molar-refractivity contribution >= 4 is 15.7 Å². The summed E-state index contributed by atoms with van der Waals surface area (Å²) in [6.45, 7) is 4.34. The number of likely N-dealkylation sites (N-methyl/N-ethyl adjacent to an activating group) is 1. The molecule has 5 heterocycles. The molecule has 1 atom stereocenters. The first kappa shape index (κ1) is 25.2. The molecule has 10 heteroatoms. The number of hydrogen-bond donors (Lipinski definition) is 1. The lowest BCUT2D eigenvalue weighted by Gasteiger charge is -2.23. The van der Waals surface area contributed by atoms with Crippen molar-refractivity contribution in [2.24, 2.45) is 0 Å². The first-order chi connectivity index (χ1) is 19.3. The molecule has 9 nitrogen and oxygen atoms in total. The molecule has 204 valence electrons. The van der Waals surface area contributed by atoms with Crippen LogP contribution in [0, 0.1) is 0 Å². The number of oxazole rings is 1. The van der Waals surface area contributed by atoms with Crippen molar-refractivity contribution in [1.29, 1.82) is 0 Å². The Morgan fingerprint density at radius 2 is 1.65 bits per heavy atom. The van der Waals surface area contributed by atoms with E-state index < -0.39 is 16.1 Å². The Hall–Kier alpha value is -3.83. The molecule has 0 fully saturated rings. The van der Waals surface area contributed by atoms with Gasteiger partial charge in [-0.1, -0.05) is 12.1 Å². The zero-order chi connectivity index (χ0) is 27.4. The topological polar surface area (TPSA) is 103 Å². The molecule has 0 bridgehead atoms. The van der Waals surface area contributed by atoms with E-state index in [1.54, 1.807) is 36.7 Å². The van der Waals surface area contributed by atoms with Gasteiger partial charge >= 0.3 is 0 Å². The molecule has 7 rings (SSSR count). The molecular weight excluding hydrogens is 526 g/mol. The predicted molar refractivity (Wildman–Crippen MR) is 150 cm³/mol. The lowest BCUT2D eigenvalue weighted by molar-refractivity contribution is 0.215. The number of aromatic nitrogens is 2. The second-order valence-corrected chi connectivity index (χ2v) is 12.7. The molecular formula is C30H29N5O4S. The summed E-state index contributed by atoms with van der Waals surface area (Å²) in [6, 6.07) is 16.3. The molecule has 0 spiro atoms. The van der Waals surface area contributed by atoms with Crippen LogP contribution >= 0.6 is 0 Å². The first-order valence-electron chi connectivity index (χ1n) is 13.2. The number of hydrogen-bond acceptors (Lipinski definition) is 8. The van der Waals surface area contributed by atoms with E-state index in [1.165, 1.54) is 21.7 Å². The van der Waals surface area contributed by atoms with Crippen molar-refractivity contribution in [1.82, 2.24) is 19.2 Å². The summed E-state index contributed by atoms with van der Waals surface area (Å²) < 4.78 is 33.5. The van der Waals surface area contributed by atoms with Crippen LogP contribution in [0.4, 0.5) is 5.69 Å². The first-order valence-corrected chi connectivity index (χ1v) is 14.7. The number of aliphatic hydroxyl groups excluding tert-OH is 1. The SMILES string of the molecule is CN1CC2=C(C1)CN(c1cccc(C(O)c3cc4c(cn3)CN(S(=O)(=O)c3ccc(-c5ncco5)cc3)C4)c1)C2. The normalized spacial score (nSPS) is 18.4. The fourth-order valence-electron chi connectivity index (χ4n) is 5.89. The second-order valence-electron chi connectivity index (χ2n) is 10.7. The number of nitrogens with zero attached hydrogens (tertiary/aromatic N) is 5. The number of fused-ring (bicyclic) bond motifs is 1. The van der Waals surface area contributed by atoms with E-state index in [2.05, 4.69) is 32.9 Å². The summed E-state index contributed by atoms with van der Waals surface area (Å²) in [7, 11) is -1.57. The van der Waals surface area contributed by atoms with E-state index in [-0.39, 0.29) is 18.0 Å². The zero-order valence-corrected chi connectivity index (χ0v) is 22.9. The van der Waals surface area contributed by atoms with Crippen LogP contribution in [0.1, 0.15) is 28.5 Å². The van der Waals surface area contributed by atoms with Gasteiger partial charge in [-0.15, -0.1) is 0 Å². The molecule has 0 aliphatic carbocycles. The molecule has 2 aromatic heterocycles. The van der Waals surface area contributed by atoms with Crippen LogP contribution in [0.15, 0.2) is 93.7 Å². The molecule has 40 heavy (non-hydrogen) atoms. The summed E-state index contributed by atoms with van der Waals surface area (Å²) in [6.07, 6.45) is 3.80. The number of sulfonamides is 1. The van der Waals surface area contributed by atoms with Crippen LogP contribution in [0.25, 0.3) is 11.5 Å². The lowest BCUT2D eigenvalue weighted by atomic mass is 10.0. The van der Waals surface area contributed by atoms with Crippen molar-refractivity contribution in [3.05, 3.63) is 107 Å². The van der Waals surface area contributed by atoms with Crippen molar-refractivity contribution < 1.29 is 17.9 Å². The summed E-state index contributed by atoms with van der Waals surface area (Å²) in [5, 5.41) is 11.3. The number of anilines is 1. The average molecular weight is 556 g/mol. The molecule has 2 aromatic carbocycles. The van der Waals surface area contributed by atoms with Gasteiger partial charge in [0.05, 0.1) is 16.8 Å². The maximum Gasteiger partial charge on any atom is 0.243 e. The highest BCUT2D eigenvalue weighted by atomic mass is 32.2. The minimum absolute atomic E-state index is 0.203. The average Bonchev–Trinajstić information content (AvgIpc) is 3.76. The third-order valence-corrected chi connectivity index (χ3v) is 9.79. The number of aliphatic hydroxyl groups is 1. The Balaban J connectivity index is 1.07. The van der Waals surface area contributed by atoms with Gasteiger partial charge in [0.25, 0.3) is 0 Å². The Labute approximate surface area is 233 Å². The van der Waals surface area contributed by atoms with E-state index in [4.69, 9.17) is 4.42 Å². The lowest BCUT2D eigenvalue weighted by Crippen LogP contribution is -2.27. The quantitative estimate of drug-likeness (QED) is 0.360. The maximum absolute atomic E-state index is 13.4. The van der Waals surface area contributed by atoms with Gasteiger partial charge in [0.15, 0.2) is 0 Å². The van der Waals surface area contributed by atoms with Gasteiger partial charge < -0.3 is 14.4 Å². The van der Waals surface area contributed by atoms with Crippen LogP contribution in [0.2, 0.25) is 0 Å². The second kappa shape index (κ2) is 9.67. The number of rotatable bonds is 6. The standard InChI is InChI=1S/C30H29N5O4S/c1-33-14-24-16-34(17-25(24)15-33)26-4-2-3-21(11-26)29(36)28-12-22-18-35(19-23(22)13-32-28)40(37,38)27-7-5-20(6-8-27)30-31-9-10-39-30/h2-13,29,36H,14-19H2,1H3. The molecule has 3 aliphatic rings. The summed E-state index contributed by atoms with van der Waals surface area (Å²) in [4.78, 5) is 13.5. The molecule has 0 saturated carbocycles. The van der Waals surface area contributed by atoms with Crippen molar-refractivity contribution in [3.8, 4) is 11.5 Å².